The highest BCUT2D eigenvalue weighted by molar-refractivity contribution is 6.19. The first-order chi connectivity index (χ1) is 14.6. The van der Waals surface area contributed by atoms with Gasteiger partial charge in [-0.2, -0.15) is 0 Å². The Bertz CT molecular complexity index is 1740. The van der Waals surface area contributed by atoms with Crippen molar-refractivity contribution in [1.29, 1.82) is 0 Å². The van der Waals surface area contributed by atoms with Gasteiger partial charge in [0.05, 0.1) is 16.6 Å². The zero-order chi connectivity index (χ0) is 20.4. The Morgan fingerprint density at radius 3 is 2.47 bits per heavy atom. The average molecular weight is 392 g/mol. The smallest absolute Gasteiger partial charge is 0.336 e. The number of aromatic nitrogens is 2. The van der Waals surface area contributed by atoms with Gasteiger partial charge in [-0.25, -0.2) is 4.79 Å². The molecular formula is C25H16N2O3. The van der Waals surface area contributed by atoms with Gasteiger partial charge in [0.1, 0.15) is 11.1 Å². The van der Waals surface area contributed by atoms with E-state index in [2.05, 4.69) is 4.98 Å². The lowest BCUT2D eigenvalue weighted by Gasteiger charge is -2.07. The molecule has 0 spiro atoms. The maximum absolute atomic E-state index is 13.3. The molecule has 30 heavy (non-hydrogen) atoms. The van der Waals surface area contributed by atoms with E-state index in [0.717, 1.165) is 44.0 Å². The first-order valence-corrected chi connectivity index (χ1v) is 9.71. The van der Waals surface area contributed by atoms with Crippen LogP contribution in [-0.4, -0.2) is 9.38 Å². The van der Waals surface area contributed by atoms with Gasteiger partial charge in [-0.1, -0.05) is 42.5 Å². The van der Waals surface area contributed by atoms with Crippen molar-refractivity contribution in [2.24, 2.45) is 0 Å². The molecule has 0 unspecified atom stereocenters. The molecule has 0 saturated carbocycles. The fourth-order valence-corrected chi connectivity index (χ4v) is 4.52. The second-order valence-electron chi connectivity index (χ2n) is 7.48. The molecule has 3 aromatic carbocycles. The van der Waals surface area contributed by atoms with Crippen molar-refractivity contribution in [3.05, 3.63) is 99.1 Å². The van der Waals surface area contributed by atoms with E-state index in [1.807, 2.05) is 72.0 Å². The number of para-hydroxylation sites is 2. The van der Waals surface area contributed by atoms with Crippen LogP contribution in [0.2, 0.25) is 0 Å². The molecule has 1 N–H and O–H groups in total. The molecule has 6 rings (SSSR count). The van der Waals surface area contributed by atoms with Gasteiger partial charge in [-0.05, 0) is 42.3 Å². The van der Waals surface area contributed by atoms with Gasteiger partial charge in [-0.15, -0.1) is 0 Å². The molecule has 144 valence electrons. The molecule has 0 aliphatic carbocycles. The minimum absolute atomic E-state index is 0.159. The van der Waals surface area contributed by atoms with E-state index < -0.39 is 5.63 Å². The highest BCUT2D eigenvalue weighted by Gasteiger charge is 2.22. The summed E-state index contributed by atoms with van der Waals surface area (Å²) < 4.78 is 7.54. The molecule has 5 nitrogen and oxygen atoms in total. The van der Waals surface area contributed by atoms with Crippen molar-refractivity contribution in [3.8, 4) is 11.1 Å². The lowest BCUT2D eigenvalue weighted by Crippen LogP contribution is -2.10. The largest absolute Gasteiger partial charge is 0.423 e. The number of nitrogens with zero attached hydrogens (tertiary/aromatic N) is 1. The van der Waals surface area contributed by atoms with E-state index in [-0.39, 0.29) is 5.56 Å². The molecule has 0 bridgehead atoms. The van der Waals surface area contributed by atoms with Crippen LogP contribution in [0.1, 0.15) is 5.56 Å². The summed E-state index contributed by atoms with van der Waals surface area (Å²) in [6.07, 6.45) is 0. The fourth-order valence-electron chi connectivity index (χ4n) is 4.52. The maximum Gasteiger partial charge on any atom is 0.336 e. The van der Waals surface area contributed by atoms with E-state index in [1.54, 1.807) is 6.07 Å². The number of aryl methyl sites for hydroxylation is 1. The Morgan fingerprint density at radius 2 is 1.63 bits per heavy atom. The van der Waals surface area contributed by atoms with Crippen LogP contribution in [0, 0.1) is 6.92 Å². The Morgan fingerprint density at radius 1 is 0.867 bits per heavy atom. The molecule has 0 fully saturated rings. The average Bonchev–Trinajstić information content (AvgIpc) is 3.12. The number of hydrogen-bond donors (Lipinski definition) is 1. The van der Waals surface area contributed by atoms with Crippen LogP contribution in [0.15, 0.2) is 86.8 Å². The molecule has 0 amide bonds. The first kappa shape index (κ1) is 16.8. The standard InChI is InChI=1S/C25H16N2O3/c1-14-13-19-16(11-12-20(28)30-19)22-21(15-7-3-2-4-8-15)24-25(29)26-17-9-5-6-10-18(17)27(24)23(14)22/h2-13H,1H3,(H,26,29). The highest BCUT2D eigenvalue weighted by Crippen LogP contribution is 2.40. The van der Waals surface area contributed by atoms with Gasteiger partial charge >= 0.3 is 5.63 Å². The molecule has 3 aromatic heterocycles. The Labute approximate surface area is 169 Å². The second kappa shape index (κ2) is 5.94. The predicted molar refractivity (Wildman–Crippen MR) is 119 cm³/mol. The molecule has 0 atom stereocenters. The Hall–Kier alpha value is -4.12. The summed E-state index contributed by atoms with van der Waals surface area (Å²) >= 11 is 0. The van der Waals surface area contributed by atoms with E-state index in [0.29, 0.717) is 11.1 Å². The van der Waals surface area contributed by atoms with Crippen molar-refractivity contribution in [2.75, 3.05) is 0 Å². The molecule has 6 aromatic rings. The van der Waals surface area contributed by atoms with Gasteiger partial charge < -0.3 is 13.8 Å². The zero-order valence-corrected chi connectivity index (χ0v) is 16.1. The van der Waals surface area contributed by atoms with Gasteiger partial charge in [0, 0.05) is 22.4 Å². The molecule has 0 aliphatic rings. The molecular weight excluding hydrogens is 376 g/mol. The summed E-state index contributed by atoms with van der Waals surface area (Å²) in [5.41, 5.74) is 5.86. The number of H-pyrrole nitrogens is 1. The summed E-state index contributed by atoms with van der Waals surface area (Å²) in [7, 11) is 0. The maximum atomic E-state index is 13.3. The number of rotatable bonds is 1. The van der Waals surface area contributed by atoms with Crippen molar-refractivity contribution in [3.63, 3.8) is 0 Å². The Balaban J connectivity index is 2.04. The Kier molecular flexibility index (Phi) is 3.33. The number of aromatic amines is 1. The van der Waals surface area contributed by atoms with Crippen LogP contribution in [-0.2, 0) is 0 Å². The SMILES string of the molecule is Cc1cc2oc(=O)ccc2c2c(-c3ccccc3)c3c(=O)[nH]c4ccccc4n3c12. The van der Waals surface area contributed by atoms with E-state index >= 15 is 0 Å². The zero-order valence-electron chi connectivity index (χ0n) is 16.1. The van der Waals surface area contributed by atoms with E-state index in [9.17, 15) is 9.59 Å². The number of hydrogen-bond acceptors (Lipinski definition) is 3. The topological polar surface area (TPSA) is 67.5 Å². The number of benzene rings is 3. The minimum atomic E-state index is -0.394. The minimum Gasteiger partial charge on any atom is -0.423 e. The van der Waals surface area contributed by atoms with Crippen molar-refractivity contribution >= 4 is 38.4 Å². The number of fused-ring (bicyclic) bond motifs is 7. The summed E-state index contributed by atoms with van der Waals surface area (Å²) in [4.78, 5) is 28.2. The summed E-state index contributed by atoms with van der Waals surface area (Å²) in [6, 6.07) is 22.7. The quantitative estimate of drug-likeness (QED) is 0.400. The number of nitrogens with one attached hydrogen (secondary N) is 1. The third kappa shape index (κ3) is 2.17. The van der Waals surface area contributed by atoms with Crippen molar-refractivity contribution in [2.45, 2.75) is 6.92 Å². The lowest BCUT2D eigenvalue weighted by atomic mass is 9.99. The van der Waals surface area contributed by atoms with Crippen molar-refractivity contribution in [1.82, 2.24) is 9.38 Å². The fraction of sp³-hybridized carbons (Fsp3) is 0.0400. The molecule has 0 aliphatic heterocycles. The van der Waals surface area contributed by atoms with Gasteiger partial charge in [0.15, 0.2) is 0 Å². The third-order valence-electron chi connectivity index (χ3n) is 5.69. The van der Waals surface area contributed by atoms with Gasteiger partial charge in [0.2, 0.25) is 0 Å². The highest BCUT2D eigenvalue weighted by atomic mass is 16.4. The first-order valence-electron chi connectivity index (χ1n) is 9.71. The third-order valence-corrected chi connectivity index (χ3v) is 5.69. The predicted octanol–water partition coefficient (Wildman–Crippen LogP) is 5.02. The second-order valence-corrected chi connectivity index (χ2v) is 7.48. The van der Waals surface area contributed by atoms with E-state index in [1.165, 1.54) is 6.07 Å². The van der Waals surface area contributed by atoms with Crippen LogP contribution < -0.4 is 11.2 Å². The molecule has 0 radical (unpaired) electrons. The molecule has 5 heteroatoms. The normalized spacial score (nSPS) is 11.8. The van der Waals surface area contributed by atoms with Crippen LogP contribution in [0.4, 0.5) is 0 Å². The van der Waals surface area contributed by atoms with E-state index in [4.69, 9.17) is 4.42 Å². The summed E-state index contributed by atoms with van der Waals surface area (Å²) in [5, 5.41) is 1.71. The molecule has 0 saturated heterocycles. The van der Waals surface area contributed by atoms with Crippen molar-refractivity contribution < 1.29 is 4.42 Å². The van der Waals surface area contributed by atoms with Crippen LogP contribution >= 0.6 is 0 Å². The van der Waals surface area contributed by atoms with Gasteiger partial charge in [-0.3, -0.25) is 4.79 Å². The van der Waals surface area contributed by atoms with Crippen LogP contribution in [0.25, 0.3) is 49.5 Å². The summed E-state index contributed by atoms with van der Waals surface area (Å²) in [6.45, 7) is 1.98. The summed E-state index contributed by atoms with van der Waals surface area (Å²) in [5.74, 6) is 0. The monoisotopic (exact) mass is 392 g/mol. The van der Waals surface area contributed by atoms with Crippen LogP contribution in [0.3, 0.4) is 0 Å². The lowest BCUT2D eigenvalue weighted by molar-refractivity contribution is 0.561. The van der Waals surface area contributed by atoms with Crippen LogP contribution in [0.5, 0.6) is 0 Å². The molecule has 3 heterocycles. The van der Waals surface area contributed by atoms with Gasteiger partial charge in [0.25, 0.3) is 5.56 Å².